The maximum Gasteiger partial charge on any atom is 0.315 e. The third kappa shape index (κ3) is 10.2. The molecular formula is C33H56N6O7S. The molecule has 13 nitrogen and oxygen atoms in total. The molecule has 5 amide bonds. The highest BCUT2D eigenvalue weighted by Crippen LogP contribution is 2.32. The molecular weight excluding hydrogens is 624 g/mol. The van der Waals surface area contributed by atoms with Crippen molar-refractivity contribution in [3.63, 3.8) is 0 Å². The number of nitrogens with one attached hydrogen (secondary N) is 4. The minimum absolute atomic E-state index is 0.0199. The molecule has 2 heterocycles. The number of hydrogen-bond acceptors (Lipinski definition) is 7. The molecule has 3 aliphatic rings. The molecule has 0 aromatic carbocycles. The van der Waals surface area contributed by atoms with Crippen LogP contribution in [0.25, 0.3) is 0 Å². The number of likely N-dealkylation sites (tertiary alicyclic amines) is 1. The van der Waals surface area contributed by atoms with Crippen LogP contribution < -0.4 is 21.3 Å². The molecule has 47 heavy (non-hydrogen) atoms. The molecule has 1 unspecified atom stereocenters. The van der Waals surface area contributed by atoms with Crippen LogP contribution in [0, 0.1) is 22.7 Å². The maximum absolute atomic E-state index is 14.2. The Bertz CT molecular complexity index is 1300. The maximum atomic E-state index is 14.2. The number of hydrogen-bond donors (Lipinski definition) is 4. The zero-order chi connectivity index (χ0) is 35.3. The topological polar surface area (TPSA) is 174 Å². The van der Waals surface area contributed by atoms with E-state index in [0.29, 0.717) is 25.8 Å². The Hall–Kier alpha value is -3.00. The van der Waals surface area contributed by atoms with Gasteiger partial charge in [-0.15, -0.1) is 6.58 Å². The average molecular weight is 681 g/mol. The lowest BCUT2D eigenvalue weighted by atomic mass is 9.80. The molecule has 0 radical (unpaired) electrons. The monoisotopic (exact) mass is 680 g/mol. The van der Waals surface area contributed by atoms with Gasteiger partial charge < -0.3 is 26.2 Å². The van der Waals surface area contributed by atoms with Gasteiger partial charge in [0.05, 0.1) is 11.8 Å². The minimum atomic E-state index is -3.38. The quantitative estimate of drug-likeness (QED) is 0.170. The van der Waals surface area contributed by atoms with E-state index in [1.54, 1.807) is 0 Å². The standard InChI is InChI=1S/C33H56N6O7S/c1-9-14-34-29(42)26(40)23(18-22-12-10-13-22)35-28(41)24-17-21(2)19-39(24)30(43)27(33(6,7)8)37-31(44)36-25(32(3,4)5)20-38-15-11-16-47(38,45)46/h9,21-25,27H,1,10-20H2,2-8H3,(H,34,42)(H,35,41)(H2,36,37,44)/t21-,23?,24+,25-,27-/m1/s1. The third-order valence-corrected chi connectivity index (χ3v) is 11.4. The average Bonchev–Trinajstić information content (AvgIpc) is 3.50. The van der Waals surface area contributed by atoms with Gasteiger partial charge in [-0.05, 0) is 41.9 Å². The van der Waals surface area contributed by atoms with E-state index < -0.39 is 74.6 Å². The first kappa shape index (κ1) is 38.4. The molecule has 0 aromatic heterocycles. The highest BCUT2D eigenvalue weighted by molar-refractivity contribution is 7.89. The molecule has 2 saturated heterocycles. The second-order valence-electron chi connectivity index (χ2n) is 15.7. The number of urea groups is 1. The number of amides is 5. The van der Waals surface area contributed by atoms with Crippen molar-refractivity contribution in [1.29, 1.82) is 0 Å². The number of sulfonamides is 1. The Labute approximate surface area is 280 Å². The summed E-state index contributed by atoms with van der Waals surface area (Å²) >= 11 is 0. The number of nitrogens with zero attached hydrogens (tertiary/aromatic N) is 2. The first-order chi connectivity index (χ1) is 21.7. The fraction of sp³-hybridized carbons (Fsp3) is 0.788. The Morgan fingerprint density at radius 3 is 2.13 bits per heavy atom. The fourth-order valence-corrected chi connectivity index (χ4v) is 7.83. The van der Waals surface area contributed by atoms with Crippen LogP contribution in [0.3, 0.4) is 0 Å². The third-order valence-electron chi connectivity index (χ3n) is 9.48. The predicted octanol–water partition coefficient (Wildman–Crippen LogP) is 1.93. The van der Waals surface area contributed by atoms with E-state index in [-0.39, 0.29) is 37.2 Å². The van der Waals surface area contributed by atoms with Crippen molar-refractivity contribution in [2.24, 2.45) is 22.7 Å². The van der Waals surface area contributed by atoms with Crippen molar-refractivity contribution in [2.75, 3.05) is 31.9 Å². The van der Waals surface area contributed by atoms with E-state index >= 15 is 0 Å². The highest BCUT2D eigenvalue weighted by Gasteiger charge is 2.45. The summed E-state index contributed by atoms with van der Waals surface area (Å²) in [7, 11) is -3.38. The summed E-state index contributed by atoms with van der Waals surface area (Å²) in [5.41, 5.74) is -1.23. The lowest BCUT2D eigenvalue weighted by molar-refractivity contribution is -0.144. The summed E-state index contributed by atoms with van der Waals surface area (Å²) in [6, 6.07) is -4.06. The number of carbonyl (C=O) groups excluding carboxylic acids is 5. The SMILES string of the molecule is C=CCNC(=O)C(=O)C(CC1CCC1)NC(=O)[C@@H]1C[C@@H](C)CN1C(=O)[C@@H](NC(=O)N[C@H](CN1CCCS1(=O)=O)C(C)(C)C)C(C)(C)C. The summed E-state index contributed by atoms with van der Waals surface area (Å²) in [5, 5.41) is 11.0. The van der Waals surface area contributed by atoms with Gasteiger partial charge in [0.1, 0.15) is 12.1 Å². The first-order valence-electron chi connectivity index (χ1n) is 16.8. The fourth-order valence-electron chi connectivity index (χ4n) is 6.29. The van der Waals surface area contributed by atoms with Gasteiger partial charge >= 0.3 is 6.03 Å². The molecule has 0 bridgehead atoms. The van der Waals surface area contributed by atoms with Gasteiger partial charge in [0.25, 0.3) is 5.91 Å². The Balaban J connectivity index is 1.77. The van der Waals surface area contributed by atoms with Gasteiger partial charge in [0, 0.05) is 32.2 Å². The molecule has 5 atom stereocenters. The number of ketones is 1. The second-order valence-corrected chi connectivity index (χ2v) is 17.8. The van der Waals surface area contributed by atoms with Gasteiger partial charge in [-0.3, -0.25) is 19.2 Å². The zero-order valence-electron chi connectivity index (χ0n) is 29.2. The molecule has 266 valence electrons. The van der Waals surface area contributed by atoms with Crippen molar-refractivity contribution in [3.05, 3.63) is 12.7 Å². The van der Waals surface area contributed by atoms with Gasteiger partial charge in [-0.1, -0.05) is 73.8 Å². The van der Waals surface area contributed by atoms with Crippen LogP contribution in [-0.4, -0.2) is 103 Å². The summed E-state index contributed by atoms with van der Waals surface area (Å²) in [6.45, 7) is 17.6. The Kier molecular flexibility index (Phi) is 12.7. The van der Waals surface area contributed by atoms with E-state index in [1.807, 2.05) is 48.5 Å². The van der Waals surface area contributed by atoms with Gasteiger partial charge in [-0.25, -0.2) is 13.2 Å². The molecule has 14 heteroatoms. The van der Waals surface area contributed by atoms with Crippen LogP contribution in [0.5, 0.6) is 0 Å². The van der Waals surface area contributed by atoms with Crippen LogP contribution in [0.1, 0.15) is 87.0 Å². The molecule has 1 saturated carbocycles. The molecule has 2 aliphatic heterocycles. The van der Waals surface area contributed by atoms with E-state index in [4.69, 9.17) is 0 Å². The van der Waals surface area contributed by atoms with E-state index in [9.17, 15) is 32.4 Å². The zero-order valence-corrected chi connectivity index (χ0v) is 30.0. The van der Waals surface area contributed by atoms with Gasteiger partial charge in [0.2, 0.25) is 27.6 Å². The highest BCUT2D eigenvalue weighted by atomic mass is 32.2. The number of Topliss-reactive ketones (excluding diaryl/α,β-unsaturated/α-hetero) is 1. The second kappa shape index (κ2) is 15.5. The largest absolute Gasteiger partial charge is 0.346 e. The van der Waals surface area contributed by atoms with Crippen molar-refractivity contribution in [1.82, 2.24) is 30.5 Å². The Morgan fingerprint density at radius 2 is 1.62 bits per heavy atom. The normalized spacial score (nSPS) is 23.6. The van der Waals surface area contributed by atoms with Crippen LogP contribution in [0.2, 0.25) is 0 Å². The van der Waals surface area contributed by atoms with E-state index in [0.717, 1.165) is 19.3 Å². The molecule has 3 fully saturated rings. The van der Waals surface area contributed by atoms with Gasteiger partial charge in [0.15, 0.2) is 0 Å². The summed E-state index contributed by atoms with van der Waals surface area (Å²) in [5.74, 6) is -2.16. The molecule has 3 rings (SSSR count). The molecule has 0 spiro atoms. The molecule has 1 aliphatic carbocycles. The lowest BCUT2D eigenvalue weighted by Gasteiger charge is -2.38. The van der Waals surface area contributed by atoms with Crippen molar-refractivity contribution in [2.45, 2.75) is 111 Å². The van der Waals surface area contributed by atoms with Crippen LogP contribution in [0.4, 0.5) is 4.79 Å². The van der Waals surface area contributed by atoms with Crippen LogP contribution in [0.15, 0.2) is 12.7 Å². The lowest BCUT2D eigenvalue weighted by Crippen LogP contribution is -2.62. The summed E-state index contributed by atoms with van der Waals surface area (Å²) in [6.07, 6.45) is 5.59. The molecule has 0 aromatic rings. The van der Waals surface area contributed by atoms with Crippen LogP contribution >= 0.6 is 0 Å². The van der Waals surface area contributed by atoms with E-state index in [1.165, 1.54) is 15.3 Å². The van der Waals surface area contributed by atoms with Crippen molar-refractivity contribution >= 4 is 39.6 Å². The molecule has 4 N–H and O–H groups in total. The summed E-state index contributed by atoms with van der Waals surface area (Å²) < 4.78 is 26.4. The predicted molar refractivity (Wildman–Crippen MR) is 180 cm³/mol. The summed E-state index contributed by atoms with van der Waals surface area (Å²) in [4.78, 5) is 68.5. The number of rotatable bonds is 13. The van der Waals surface area contributed by atoms with Gasteiger partial charge in [-0.2, -0.15) is 4.31 Å². The minimum Gasteiger partial charge on any atom is -0.346 e. The van der Waals surface area contributed by atoms with E-state index in [2.05, 4.69) is 27.8 Å². The smallest absolute Gasteiger partial charge is 0.315 e. The van der Waals surface area contributed by atoms with Crippen LogP contribution in [-0.2, 0) is 29.2 Å². The van der Waals surface area contributed by atoms with Crippen molar-refractivity contribution < 1.29 is 32.4 Å². The first-order valence-corrected chi connectivity index (χ1v) is 18.4. The van der Waals surface area contributed by atoms with Crippen molar-refractivity contribution in [3.8, 4) is 0 Å². The number of carbonyl (C=O) groups is 5. The Morgan fingerprint density at radius 1 is 0.957 bits per heavy atom.